The van der Waals surface area contributed by atoms with Gasteiger partial charge in [0.05, 0.1) is 0 Å². The molecule has 2 aromatic carbocycles. The first kappa shape index (κ1) is 21.5. The van der Waals surface area contributed by atoms with Crippen LogP contribution in [0.5, 0.6) is 0 Å². The Labute approximate surface area is 191 Å². The second-order valence-corrected chi connectivity index (χ2v) is 13.3. The first-order valence-corrected chi connectivity index (χ1v) is 14.3. The highest BCUT2D eigenvalue weighted by Crippen LogP contribution is 2.70. The lowest BCUT2D eigenvalue weighted by atomic mass is 9.92. The lowest BCUT2D eigenvalue weighted by molar-refractivity contribution is 0.483. The molecular formula is C30H39P. The van der Waals surface area contributed by atoms with Gasteiger partial charge in [0.25, 0.3) is 0 Å². The smallest absolute Gasteiger partial charge is 0.0308 e. The van der Waals surface area contributed by atoms with Crippen molar-refractivity contribution in [3.05, 3.63) is 69.8 Å². The monoisotopic (exact) mass is 430 g/mol. The van der Waals surface area contributed by atoms with Crippen molar-refractivity contribution >= 4 is 19.6 Å². The average molecular weight is 431 g/mol. The molecular weight excluding hydrogens is 391 g/mol. The number of hydrogen-bond acceptors (Lipinski definition) is 0. The second kappa shape index (κ2) is 9.23. The zero-order chi connectivity index (χ0) is 21.4. The van der Waals surface area contributed by atoms with Gasteiger partial charge in [-0.2, -0.15) is 0 Å². The van der Waals surface area contributed by atoms with Gasteiger partial charge in [0.15, 0.2) is 0 Å². The van der Waals surface area contributed by atoms with E-state index in [4.69, 9.17) is 0 Å². The van der Waals surface area contributed by atoms with Gasteiger partial charge < -0.3 is 0 Å². The number of fused-ring (bicyclic) bond motifs is 1. The third-order valence-corrected chi connectivity index (χ3v) is 12.0. The van der Waals surface area contributed by atoms with Crippen molar-refractivity contribution in [1.29, 1.82) is 0 Å². The van der Waals surface area contributed by atoms with Gasteiger partial charge in [-0.15, -0.1) is 0 Å². The molecule has 164 valence electrons. The minimum Gasteiger partial charge on any atom is -0.0880 e. The molecule has 0 spiro atoms. The van der Waals surface area contributed by atoms with Gasteiger partial charge in [0, 0.05) is 5.66 Å². The number of benzene rings is 2. The van der Waals surface area contributed by atoms with Gasteiger partial charge in [-0.05, 0) is 97.2 Å². The van der Waals surface area contributed by atoms with E-state index in [0.29, 0.717) is 5.66 Å². The first-order valence-electron chi connectivity index (χ1n) is 12.8. The Balaban J connectivity index is 1.64. The molecule has 0 aliphatic heterocycles. The molecule has 2 aromatic rings. The van der Waals surface area contributed by atoms with Crippen molar-refractivity contribution < 1.29 is 0 Å². The van der Waals surface area contributed by atoms with Crippen LogP contribution in [0, 0.1) is 20.8 Å². The van der Waals surface area contributed by atoms with Gasteiger partial charge in [-0.1, -0.05) is 88.4 Å². The van der Waals surface area contributed by atoms with Crippen LogP contribution in [0.25, 0.3) is 11.6 Å². The van der Waals surface area contributed by atoms with Crippen LogP contribution in [0.15, 0.2) is 36.4 Å². The number of allylic oxidation sites excluding steroid dienone is 1. The predicted octanol–water partition coefficient (Wildman–Crippen LogP) is 9.35. The van der Waals surface area contributed by atoms with Crippen LogP contribution in [-0.2, 0) is 0 Å². The molecule has 2 fully saturated rings. The van der Waals surface area contributed by atoms with E-state index in [9.17, 15) is 0 Å². The lowest BCUT2D eigenvalue weighted by Crippen LogP contribution is -2.24. The summed E-state index contributed by atoms with van der Waals surface area (Å²) in [7, 11) is -0.0484. The zero-order valence-corrected chi connectivity index (χ0v) is 20.7. The largest absolute Gasteiger partial charge is 0.0880 e. The van der Waals surface area contributed by atoms with Crippen molar-refractivity contribution in [3.63, 3.8) is 0 Å². The lowest BCUT2D eigenvalue weighted by Gasteiger charge is -2.43. The summed E-state index contributed by atoms with van der Waals surface area (Å²) < 4.78 is 0. The third kappa shape index (κ3) is 4.18. The average Bonchev–Trinajstić information content (AvgIpc) is 3.14. The van der Waals surface area contributed by atoms with E-state index in [-0.39, 0.29) is 7.92 Å². The van der Waals surface area contributed by atoms with E-state index in [1.54, 1.807) is 16.7 Å². The summed E-state index contributed by atoms with van der Waals surface area (Å²) in [6, 6.07) is 14.2. The molecule has 0 heterocycles. The molecule has 31 heavy (non-hydrogen) atoms. The molecule has 1 atom stereocenters. The highest BCUT2D eigenvalue weighted by molar-refractivity contribution is 7.60. The molecule has 2 saturated carbocycles. The summed E-state index contributed by atoms with van der Waals surface area (Å²) in [5.41, 5.74) is 13.3. The standard InChI is InChI=1S/C30H39P/c1-21-18-22(2)29(23(3)19-21)28-20-24-12-10-11-17-27(24)30(28)31(25-13-6-4-7-14-25)26-15-8-5-9-16-26/h10-12,17-20,25-26,30H,4-9,13-16H2,1-3H3. The van der Waals surface area contributed by atoms with E-state index in [1.807, 2.05) is 0 Å². The van der Waals surface area contributed by atoms with E-state index >= 15 is 0 Å². The molecule has 1 unspecified atom stereocenters. The Kier molecular flexibility index (Phi) is 6.39. The number of rotatable bonds is 4. The molecule has 0 nitrogen and oxygen atoms in total. The predicted molar refractivity (Wildman–Crippen MR) is 138 cm³/mol. The highest BCUT2D eigenvalue weighted by Gasteiger charge is 2.41. The number of hydrogen-bond donors (Lipinski definition) is 0. The molecule has 3 aliphatic rings. The van der Waals surface area contributed by atoms with Gasteiger partial charge in [-0.25, -0.2) is 0 Å². The van der Waals surface area contributed by atoms with Gasteiger partial charge in [0.2, 0.25) is 0 Å². The molecule has 0 saturated heterocycles. The van der Waals surface area contributed by atoms with Crippen LogP contribution in [0.3, 0.4) is 0 Å². The van der Waals surface area contributed by atoms with Crippen molar-refractivity contribution in [1.82, 2.24) is 0 Å². The second-order valence-electron chi connectivity index (χ2n) is 10.4. The summed E-state index contributed by atoms with van der Waals surface area (Å²) in [4.78, 5) is 0. The van der Waals surface area contributed by atoms with Crippen LogP contribution in [-0.4, -0.2) is 11.3 Å². The SMILES string of the molecule is Cc1cc(C)c(C2=Cc3ccccc3C2P(C2CCCCC2)C2CCCCC2)c(C)c1. The number of aryl methyl sites for hydroxylation is 3. The summed E-state index contributed by atoms with van der Waals surface area (Å²) in [5.74, 6) is 0. The summed E-state index contributed by atoms with van der Waals surface area (Å²) in [6.07, 6.45) is 17.3. The highest BCUT2D eigenvalue weighted by atomic mass is 31.1. The Bertz CT molecular complexity index is 915. The Hall–Kier alpha value is -1.39. The molecule has 3 aliphatic carbocycles. The van der Waals surface area contributed by atoms with Gasteiger partial charge >= 0.3 is 0 Å². The topological polar surface area (TPSA) is 0 Å². The van der Waals surface area contributed by atoms with Crippen molar-refractivity contribution in [3.8, 4) is 0 Å². The molecule has 1 heteroatoms. The maximum atomic E-state index is 2.59. The van der Waals surface area contributed by atoms with Crippen LogP contribution in [0.2, 0.25) is 0 Å². The van der Waals surface area contributed by atoms with Crippen LogP contribution in [0.4, 0.5) is 0 Å². The fraction of sp³-hybridized carbons (Fsp3) is 0.533. The summed E-state index contributed by atoms with van der Waals surface area (Å²) in [5, 5.41) is 0. The maximum Gasteiger partial charge on any atom is 0.0308 e. The minimum absolute atomic E-state index is 0.0484. The molecule has 5 rings (SSSR count). The molecule has 0 amide bonds. The van der Waals surface area contributed by atoms with Crippen LogP contribution < -0.4 is 0 Å². The fourth-order valence-electron chi connectivity index (χ4n) is 6.95. The minimum atomic E-state index is -0.0484. The van der Waals surface area contributed by atoms with Crippen molar-refractivity contribution in [2.24, 2.45) is 0 Å². The molecule has 0 radical (unpaired) electrons. The Morgan fingerprint density at radius 1 is 0.710 bits per heavy atom. The molecule has 0 bridgehead atoms. The van der Waals surface area contributed by atoms with E-state index in [0.717, 1.165) is 11.3 Å². The van der Waals surface area contributed by atoms with E-state index in [1.165, 1.54) is 86.5 Å². The fourth-order valence-corrected chi connectivity index (χ4v) is 11.4. The maximum absolute atomic E-state index is 2.59. The first-order chi connectivity index (χ1) is 15.1. The van der Waals surface area contributed by atoms with Crippen LogP contribution in [0.1, 0.15) is 103 Å². The van der Waals surface area contributed by atoms with Gasteiger partial charge in [0.1, 0.15) is 0 Å². The van der Waals surface area contributed by atoms with Crippen LogP contribution >= 0.6 is 7.92 Å². The summed E-state index contributed by atoms with van der Waals surface area (Å²) in [6.45, 7) is 6.94. The Morgan fingerprint density at radius 3 is 1.84 bits per heavy atom. The third-order valence-electron chi connectivity index (χ3n) is 8.15. The zero-order valence-electron chi connectivity index (χ0n) is 19.8. The quantitative estimate of drug-likeness (QED) is 0.424. The van der Waals surface area contributed by atoms with Crippen molar-refractivity contribution in [2.75, 3.05) is 0 Å². The van der Waals surface area contributed by atoms with Crippen molar-refractivity contribution in [2.45, 2.75) is 102 Å². The Morgan fingerprint density at radius 2 is 1.26 bits per heavy atom. The van der Waals surface area contributed by atoms with Gasteiger partial charge in [-0.3, -0.25) is 0 Å². The summed E-state index contributed by atoms with van der Waals surface area (Å²) >= 11 is 0. The molecule has 0 N–H and O–H groups in total. The van der Waals surface area contributed by atoms with E-state index < -0.39 is 0 Å². The normalized spacial score (nSPS) is 22.6. The molecule has 0 aromatic heterocycles. The van der Waals surface area contributed by atoms with E-state index in [2.05, 4.69) is 63.2 Å².